The molecule has 0 aliphatic rings. The molecule has 2 aromatic rings. The molecule has 21 heavy (non-hydrogen) atoms. The van der Waals surface area contributed by atoms with Crippen molar-refractivity contribution in [2.75, 3.05) is 5.32 Å². The van der Waals surface area contributed by atoms with Crippen molar-refractivity contribution in [2.24, 2.45) is 0 Å². The molecule has 0 aromatic heterocycles. The summed E-state index contributed by atoms with van der Waals surface area (Å²) in [5.74, 6) is 0.304. The van der Waals surface area contributed by atoms with Crippen molar-refractivity contribution < 1.29 is 9.90 Å². The molecule has 110 valence electrons. The summed E-state index contributed by atoms with van der Waals surface area (Å²) in [6.45, 7) is 5.94. The first-order chi connectivity index (χ1) is 9.97. The van der Waals surface area contributed by atoms with Crippen LogP contribution in [-0.2, 0) is 0 Å². The Kier molecular flexibility index (Phi) is 4.76. The van der Waals surface area contributed by atoms with Gasteiger partial charge in [0.25, 0.3) is 5.91 Å². The molecular formula is C18H21NO2. The van der Waals surface area contributed by atoms with E-state index >= 15 is 0 Å². The molecule has 1 atom stereocenters. The molecule has 0 spiro atoms. The number of aliphatic hydroxyl groups excluding tert-OH is 1. The molecule has 1 amide bonds. The van der Waals surface area contributed by atoms with Gasteiger partial charge in [-0.3, -0.25) is 4.79 Å². The highest BCUT2D eigenvalue weighted by atomic mass is 16.3. The van der Waals surface area contributed by atoms with Crippen LogP contribution < -0.4 is 5.32 Å². The Labute approximate surface area is 125 Å². The van der Waals surface area contributed by atoms with Gasteiger partial charge in [-0.2, -0.15) is 0 Å². The number of carbonyl (C=O) groups is 1. The lowest BCUT2D eigenvalue weighted by molar-refractivity contribution is 0.102. The lowest BCUT2D eigenvalue weighted by atomic mass is 10.0. The predicted molar refractivity (Wildman–Crippen MR) is 85.6 cm³/mol. The number of hydrogen-bond donors (Lipinski definition) is 2. The van der Waals surface area contributed by atoms with Gasteiger partial charge < -0.3 is 10.4 Å². The van der Waals surface area contributed by atoms with E-state index in [0.717, 1.165) is 5.56 Å². The first kappa shape index (κ1) is 15.3. The molecule has 0 aliphatic carbocycles. The molecule has 3 nitrogen and oxygen atoms in total. The zero-order chi connectivity index (χ0) is 15.4. The van der Waals surface area contributed by atoms with Crippen LogP contribution in [0.2, 0.25) is 0 Å². The Hall–Kier alpha value is -2.13. The lowest BCUT2D eigenvalue weighted by Gasteiger charge is -2.10. The van der Waals surface area contributed by atoms with Gasteiger partial charge >= 0.3 is 0 Å². The number of carbonyl (C=O) groups excluding carboxylic acids is 1. The first-order valence-corrected chi connectivity index (χ1v) is 7.16. The average molecular weight is 283 g/mol. The first-order valence-electron chi connectivity index (χ1n) is 7.16. The number of hydrogen-bond acceptors (Lipinski definition) is 2. The minimum Gasteiger partial charge on any atom is -0.389 e. The molecule has 0 bridgehead atoms. The number of rotatable bonds is 4. The fourth-order valence-corrected chi connectivity index (χ4v) is 2.10. The van der Waals surface area contributed by atoms with Gasteiger partial charge in [-0.05, 0) is 48.2 Å². The van der Waals surface area contributed by atoms with Crippen molar-refractivity contribution in [2.45, 2.75) is 32.8 Å². The van der Waals surface area contributed by atoms with E-state index in [1.54, 1.807) is 13.0 Å². The van der Waals surface area contributed by atoms with Gasteiger partial charge in [0, 0.05) is 11.3 Å². The molecular weight excluding hydrogens is 262 g/mol. The second-order valence-electron chi connectivity index (χ2n) is 5.53. The molecule has 0 saturated heterocycles. The van der Waals surface area contributed by atoms with Crippen molar-refractivity contribution in [3.05, 3.63) is 65.2 Å². The highest BCUT2D eigenvalue weighted by Gasteiger charge is 2.08. The van der Waals surface area contributed by atoms with Crippen molar-refractivity contribution in [1.29, 1.82) is 0 Å². The zero-order valence-electron chi connectivity index (χ0n) is 12.6. The average Bonchev–Trinajstić information content (AvgIpc) is 2.47. The van der Waals surface area contributed by atoms with E-state index in [2.05, 4.69) is 19.2 Å². The van der Waals surface area contributed by atoms with Crippen molar-refractivity contribution >= 4 is 11.6 Å². The molecule has 0 radical (unpaired) electrons. The van der Waals surface area contributed by atoms with Crippen LogP contribution in [0.25, 0.3) is 0 Å². The number of amides is 1. The summed E-state index contributed by atoms with van der Waals surface area (Å²) in [5.41, 5.74) is 3.30. The minimum absolute atomic E-state index is 0.145. The molecule has 1 unspecified atom stereocenters. The maximum absolute atomic E-state index is 12.2. The summed E-state index contributed by atoms with van der Waals surface area (Å²) in [6.07, 6.45) is -0.549. The van der Waals surface area contributed by atoms with Crippen molar-refractivity contribution in [1.82, 2.24) is 0 Å². The zero-order valence-corrected chi connectivity index (χ0v) is 12.6. The van der Waals surface area contributed by atoms with Crippen LogP contribution in [-0.4, -0.2) is 11.0 Å². The van der Waals surface area contributed by atoms with Gasteiger partial charge in [0.15, 0.2) is 0 Å². The van der Waals surface area contributed by atoms with E-state index in [1.807, 2.05) is 42.5 Å². The third-order valence-corrected chi connectivity index (χ3v) is 3.47. The molecule has 0 saturated carbocycles. The van der Waals surface area contributed by atoms with Crippen molar-refractivity contribution in [3.63, 3.8) is 0 Å². The fraction of sp³-hybridized carbons (Fsp3) is 0.278. The number of benzene rings is 2. The number of aliphatic hydroxyl groups is 1. The molecule has 0 aliphatic heterocycles. The summed E-state index contributed by atoms with van der Waals surface area (Å²) in [6, 6.07) is 14.9. The second-order valence-corrected chi connectivity index (χ2v) is 5.53. The van der Waals surface area contributed by atoms with E-state index in [0.29, 0.717) is 17.2 Å². The Bertz CT molecular complexity index is 615. The number of nitrogens with one attached hydrogen (secondary N) is 1. The van der Waals surface area contributed by atoms with E-state index in [9.17, 15) is 9.90 Å². The highest BCUT2D eigenvalue weighted by Crippen LogP contribution is 2.19. The Balaban J connectivity index is 2.12. The third-order valence-electron chi connectivity index (χ3n) is 3.47. The fourth-order valence-electron chi connectivity index (χ4n) is 2.10. The standard InChI is InChI=1S/C18H21NO2/c1-12(2)14-7-9-15(10-8-14)18(21)19-17-6-4-5-16(11-17)13(3)20/h4-13,20H,1-3H3,(H,19,21). The summed E-state index contributed by atoms with van der Waals surface area (Å²) in [4.78, 5) is 12.2. The van der Waals surface area contributed by atoms with Crippen LogP contribution in [0, 0.1) is 0 Å². The summed E-state index contributed by atoms with van der Waals surface area (Å²) < 4.78 is 0. The van der Waals surface area contributed by atoms with E-state index in [-0.39, 0.29) is 5.91 Å². The smallest absolute Gasteiger partial charge is 0.255 e. The monoisotopic (exact) mass is 283 g/mol. The Morgan fingerprint density at radius 1 is 1.00 bits per heavy atom. The SMILES string of the molecule is CC(C)c1ccc(C(=O)Nc2cccc(C(C)O)c2)cc1. The van der Waals surface area contributed by atoms with Gasteiger partial charge in [0.2, 0.25) is 0 Å². The minimum atomic E-state index is -0.549. The topological polar surface area (TPSA) is 49.3 Å². The van der Waals surface area contributed by atoms with Crippen LogP contribution in [0.4, 0.5) is 5.69 Å². The quantitative estimate of drug-likeness (QED) is 0.887. The van der Waals surface area contributed by atoms with Gasteiger partial charge in [-0.1, -0.05) is 38.1 Å². The Morgan fingerprint density at radius 2 is 1.67 bits per heavy atom. The van der Waals surface area contributed by atoms with E-state index < -0.39 is 6.10 Å². The van der Waals surface area contributed by atoms with Crippen LogP contribution >= 0.6 is 0 Å². The summed E-state index contributed by atoms with van der Waals surface area (Å²) in [5, 5.41) is 12.4. The molecule has 2 N–H and O–H groups in total. The van der Waals surface area contributed by atoms with Gasteiger partial charge in [0.05, 0.1) is 6.10 Å². The van der Waals surface area contributed by atoms with E-state index in [4.69, 9.17) is 0 Å². The predicted octanol–water partition coefficient (Wildman–Crippen LogP) is 4.12. The molecule has 3 heteroatoms. The maximum Gasteiger partial charge on any atom is 0.255 e. The lowest BCUT2D eigenvalue weighted by Crippen LogP contribution is -2.12. The molecule has 0 fully saturated rings. The normalized spacial score (nSPS) is 12.2. The highest BCUT2D eigenvalue weighted by molar-refractivity contribution is 6.04. The second kappa shape index (κ2) is 6.55. The van der Waals surface area contributed by atoms with Crippen LogP contribution in [0.1, 0.15) is 54.3 Å². The maximum atomic E-state index is 12.2. The largest absolute Gasteiger partial charge is 0.389 e. The Morgan fingerprint density at radius 3 is 2.24 bits per heavy atom. The summed E-state index contributed by atoms with van der Waals surface area (Å²) >= 11 is 0. The van der Waals surface area contributed by atoms with Crippen LogP contribution in [0.3, 0.4) is 0 Å². The number of anilines is 1. The third kappa shape index (κ3) is 3.92. The van der Waals surface area contributed by atoms with Gasteiger partial charge in [0.1, 0.15) is 0 Å². The van der Waals surface area contributed by atoms with Crippen LogP contribution in [0.15, 0.2) is 48.5 Å². The van der Waals surface area contributed by atoms with Crippen LogP contribution in [0.5, 0.6) is 0 Å². The van der Waals surface area contributed by atoms with Gasteiger partial charge in [-0.15, -0.1) is 0 Å². The molecule has 2 rings (SSSR count). The van der Waals surface area contributed by atoms with Gasteiger partial charge in [-0.25, -0.2) is 0 Å². The molecule has 2 aromatic carbocycles. The summed E-state index contributed by atoms with van der Waals surface area (Å²) in [7, 11) is 0. The van der Waals surface area contributed by atoms with E-state index in [1.165, 1.54) is 5.56 Å². The van der Waals surface area contributed by atoms with Crippen molar-refractivity contribution in [3.8, 4) is 0 Å². The molecule has 0 heterocycles.